The number of unbranched alkanes of at least 4 members (excludes halogenated alkanes) is 5. The normalized spacial score (nSPS) is 20.2. The molecule has 1 saturated heterocycles. The van der Waals surface area contributed by atoms with Gasteiger partial charge >= 0.3 is 0 Å². The quantitative estimate of drug-likeness (QED) is 0.413. The summed E-state index contributed by atoms with van der Waals surface area (Å²) in [5, 5.41) is 25.5. The Bertz CT molecular complexity index is 533. The number of amides is 1. The van der Waals surface area contributed by atoms with E-state index in [1.54, 1.807) is 12.1 Å². The van der Waals surface area contributed by atoms with Gasteiger partial charge in [-0.05, 0) is 43.5 Å². The monoisotopic (exact) mass is 334 g/mol. The van der Waals surface area contributed by atoms with Crippen LogP contribution >= 0.6 is 0 Å². The lowest BCUT2D eigenvalue weighted by molar-refractivity contribution is -0.119. The topological polar surface area (TPSA) is 81.6 Å². The summed E-state index contributed by atoms with van der Waals surface area (Å²) in [4.78, 5) is 12.1. The first kappa shape index (κ1) is 18.7. The van der Waals surface area contributed by atoms with Gasteiger partial charge in [0.2, 0.25) is 5.91 Å². The second-order valence-electron chi connectivity index (χ2n) is 6.65. The summed E-state index contributed by atoms with van der Waals surface area (Å²) in [6.45, 7) is 2.84. The van der Waals surface area contributed by atoms with E-state index in [1.807, 2.05) is 6.07 Å². The minimum absolute atomic E-state index is 0.0827. The van der Waals surface area contributed by atoms with E-state index in [0.29, 0.717) is 18.7 Å². The van der Waals surface area contributed by atoms with Gasteiger partial charge in [-0.1, -0.05) is 45.1 Å². The Morgan fingerprint density at radius 2 is 2.00 bits per heavy atom. The number of nitrogens with one attached hydrogen (secondary N) is 2. The molecule has 0 radical (unpaired) electrons. The number of hydrogen-bond acceptors (Lipinski definition) is 4. The van der Waals surface area contributed by atoms with Crippen molar-refractivity contribution in [2.45, 2.75) is 70.4 Å². The molecule has 0 spiro atoms. The zero-order valence-electron chi connectivity index (χ0n) is 14.6. The summed E-state index contributed by atoms with van der Waals surface area (Å²) in [5.41, 5.74) is 1.48. The molecule has 1 heterocycles. The van der Waals surface area contributed by atoms with Crippen molar-refractivity contribution in [3.05, 3.63) is 23.8 Å². The highest BCUT2D eigenvalue weighted by molar-refractivity contribution is 5.96. The Labute approximate surface area is 144 Å². The number of benzene rings is 1. The standard InChI is InChI=1S/C19H30N2O3/c1-2-3-4-5-6-7-8-14-9-10-15(17(23)13-14)21-19(24)18-16(22)11-12-20-18/h9-10,13,16,18,20,22-23H,2-8,11-12H2,1H3,(H,21,24)/t16-,18-/m0/s1. The van der Waals surface area contributed by atoms with E-state index in [-0.39, 0.29) is 11.7 Å². The van der Waals surface area contributed by atoms with Gasteiger partial charge in [-0.15, -0.1) is 0 Å². The Kier molecular flexibility index (Phi) is 7.53. The molecule has 1 aliphatic rings. The first-order valence-corrected chi connectivity index (χ1v) is 9.16. The van der Waals surface area contributed by atoms with Crippen LogP contribution in [0.25, 0.3) is 0 Å². The van der Waals surface area contributed by atoms with Gasteiger partial charge in [-0.2, -0.15) is 0 Å². The molecule has 0 aliphatic carbocycles. The molecule has 5 heteroatoms. The third-order valence-corrected chi connectivity index (χ3v) is 4.61. The molecule has 24 heavy (non-hydrogen) atoms. The molecule has 2 atom stereocenters. The van der Waals surface area contributed by atoms with E-state index in [0.717, 1.165) is 18.4 Å². The van der Waals surface area contributed by atoms with Crippen molar-refractivity contribution >= 4 is 11.6 Å². The lowest BCUT2D eigenvalue weighted by Crippen LogP contribution is -2.42. The number of carbonyl (C=O) groups excluding carboxylic acids is 1. The van der Waals surface area contributed by atoms with Crippen molar-refractivity contribution < 1.29 is 15.0 Å². The van der Waals surface area contributed by atoms with Crippen molar-refractivity contribution in [2.24, 2.45) is 0 Å². The average molecular weight is 334 g/mol. The van der Waals surface area contributed by atoms with Gasteiger partial charge in [0, 0.05) is 0 Å². The Hall–Kier alpha value is -1.59. The highest BCUT2D eigenvalue weighted by atomic mass is 16.3. The van der Waals surface area contributed by atoms with Gasteiger partial charge in [-0.3, -0.25) is 4.79 Å². The molecular formula is C19H30N2O3. The number of phenolic OH excluding ortho intramolecular Hbond substituents is 1. The lowest BCUT2D eigenvalue weighted by atomic mass is 10.0. The zero-order chi connectivity index (χ0) is 17.4. The van der Waals surface area contributed by atoms with Crippen LogP contribution < -0.4 is 10.6 Å². The van der Waals surface area contributed by atoms with Gasteiger partial charge in [0.15, 0.2) is 0 Å². The fourth-order valence-electron chi connectivity index (χ4n) is 3.12. The fourth-order valence-corrected chi connectivity index (χ4v) is 3.12. The number of phenols is 1. The second kappa shape index (κ2) is 9.64. The maximum Gasteiger partial charge on any atom is 0.244 e. The Morgan fingerprint density at radius 3 is 2.67 bits per heavy atom. The molecule has 1 amide bonds. The van der Waals surface area contributed by atoms with Crippen molar-refractivity contribution in [1.29, 1.82) is 0 Å². The number of aromatic hydroxyl groups is 1. The van der Waals surface area contributed by atoms with Crippen LogP contribution in [0.15, 0.2) is 18.2 Å². The average Bonchev–Trinajstić information content (AvgIpc) is 2.99. The molecule has 1 fully saturated rings. The predicted octanol–water partition coefficient (Wildman–Crippen LogP) is 2.96. The molecule has 1 aromatic rings. The molecular weight excluding hydrogens is 304 g/mol. The molecule has 5 nitrogen and oxygen atoms in total. The molecule has 0 bridgehead atoms. The van der Waals surface area contributed by atoms with E-state index in [2.05, 4.69) is 17.6 Å². The van der Waals surface area contributed by atoms with Crippen LogP contribution in [0.1, 0.15) is 57.4 Å². The zero-order valence-corrected chi connectivity index (χ0v) is 14.6. The van der Waals surface area contributed by atoms with Crippen molar-refractivity contribution in [2.75, 3.05) is 11.9 Å². The molecule has 0 aromatic heterocycles. The lowest BCUT2D eigenvalue weighted by Gasteiger charge is -2.15. The number of aliphatic hydroxyl groups excluding tert-OH is 1. The molecule has 4 N–H and O–H groups in total. The summed E-state index contributed by atoms with van der Waals surface area (Å²) in [6, 6.07) is 4.80. The highest BCUT2D eigenvalue weighted by Gasteiger charge is 2.31. The first-order valence-electron chi connectivity index (χ1n) is 9.16. The number of anilines is 1. The Morgan fingerprint density at radius 1 is 1.25 bits per heavy atom. The molecule has 134 valence electrons. The number of rotatable bonds is 9. The smallest absolute Gasteiger partial charge is 0.244 e. The second-order valence-corrected chi connectivity index (χ2v) is 6.65. The third-order valence-electron chi connectivity index (χ3n) is 4.61. The summed E-state index contributed by atoms with van der Waals surface area (Å²) in [6.07, 6.45) is 8.31. The maximum atomic E-state index is 12.1. The fraction of sp³-hybridized carbons (Fsp3) is 0.632. The third kappa shape index (κ3) is 5.49. The molecule has 0 unspecified atom stereocenters. The van der Waals surface area contributed by atoms with Crippen molar-refractivity contribution in [1.82, 2.24) is 5.32 Å². The van der Waals surface area contributed by atoms with Crippen molar-refractivity contribution in [3.8, 4) is 5.75 Å². The van der Waals surface area contributed by atoms with E-state index < -0.39 is 12.1 Å². The maximum absolute atomic E-state index is 12.1. The largest absolute Gasteiger partial charge is 0.506 e. The van der Waals surface area contributed by atoms with E-state index in [9.17, 15) is 15.0 Å². The molecule has 1 aliphatic heterocycles. The minimum Gasteiger partial charge on any atom is -0.506 e. The number of hydrogen-bond donors (Lipinski definition) is 4. The van der Waals surface area contributed by atoms with Gasteiger partial charge in [0.1, 0.15) is 11.8 Å². The van der Waals surface area contributed by atoms with Crippen LogP contribution in [0.2, 0.25) is 0 Å². The van der Waals surface area contributed by atoms with E-state index in [1.165, 1.54) is 32.1 Å². The van der Waals surface area contributed by atoms with Crippen LogP contribution in [0.5, 0.6) is 5.75 Å². The van der Waals surface area contributed by atoms with Gasteiger partial charge in [0.05, 0.1) is 11.8 Å². The summed E-state index contributed by atoms with van der Waals surface area (Å²) in [7, 11) is 0. The van der Waals surface area contributed by atoms with Crippen LogP contribution in [-0.2, 0) is 11.2 Å². The predicted molar refractivity (Wildman–Crippen MR) is 96.2 cm³/mol. The first-order chi connectivity index (χ1) is 11.6. The van der Waals surface area contributed by atoms with E-state index in [4.69, 9.17) is 0 Å². The van der Waals surface area contributed by atoms with Crippen molar-refractivity contribution in [3.63, 3.8) is 0 Å². The summed E-state index contributed by atoms with van der Waals surface area (Å²) in [5.74, 6) is -0.224. The summed E-state index contributed by atoms with van der Waals surface area (Å²) >= 11 is 0. The molecule has 0 saturated carbocycles. The number of aliphatic hydroxyl groups is 1. The van der Waals surface area contributed by atoms with Crippen LogP contribution in [-0.4, -0.2) is 34.8 Å². The van der Waals surface area contributed by atoms with Gasteiger partial charge < -0.3 is 20.8 Å². The van der Waals surface area contributed by atoms with Crippen LogP contribution in [0.4, 0.5) is 5.69 Å². The highest BCUT2D eigenvalue weighted by Crippen LogP contribution is 2.26. The number of carbonyl (C=O) groups is 1. The summed E-state index contributed by atoms with van der Waals surface area (Å²) < 4.78 is 0. The van der Waals surface area contributed by atoms with E-state index >= 15 is 0 Å². The van der Waals surface area contributed by atoms with Gasteiger partial charge in [-0.25, -0.2) is 0 Å². The van der Waals surface area contributed by atoms with Crippen LogP contribution in [0.3, 0.4) is 0 Å². The number of aryl methyl sites for hydroxylation is 1. The molecule has 1 aromatic carbocycles. The Balaban J connectivity index is 1.80. The molecule has 2 rings (SSSR count). The van der Waals surface area contributed by atoms with Gasteiger partial charge in [0.25, 0.3) is 0 Å². The minimum atomic E-state index is -0.667. The van der Waals surface area contributed by atoms with Crippen LogP contribution in [0, 0.1) is 0 Å². The SMILES string of the molecule is CCCCCCCCc1ccc(NC(=O)[C@H]2NCC[C@@H]2O)c(O)c1.